The van der Waals surface area contributed by atoms with Crippen molar-refractivity contribution in [1.29, 1.82) is 0 Å². The molecule has 0 radical (unpaired) electrons. The summed E-state index contributed by atoms with van der Waals surface area (Å²) in [4.78, 5) is 12.7. The molecule has 0 aliphatic heterocycles. The molecule has 0 fully saturated rings. The van der Waals surface area contributed by atoms with Crippen molar-refractivity contribution in [3.8, 4) is 5.75 Å². The van der Waals surface area contributed by atoms with Crippen molar-refractivity contribution in [1.82, 2.24) is 9.78 Å². The highest BCUT2D eigenvalue weighted by Crippen LogP contribution is 2.28. The van der Waals surface area contributed by atoms with Gasteiger partial charge in [0.15, 0.2) is 5.82 Å². The number of hydrogen-bond acceptors (Lipinski definition) is 3. The summed E-state index contributed by atoms with van der Waals surface area (Å²) in [5, 5.41) is 8.48. The normalized spacial score (nSPS) is 10.8. The molecule has 1 N–H and O–H groups in total. The first kappa shape index (κ1) is 23.8. The zero-order chi connectivity index (χ0) is 23.4. The molecule has 1 aromatic heterocycles. The van der Waals surface area contributed by atoms with Gasteiger partial charge < -0.3 is 10.1 Å². The lowest BCUT2D eigenvalue weighted by Gasteiger charge is -2.09. The minimum absolute atomic E-state index is 0.262. The Bertz CT molecular complexity index is 1290. The van der Waals surface area contributed by atoms with E-state index in [2.05, 4.69) is 42.3 Å². The van der Waals surface area contributed by atoms with E-state index in [1.54, 1.807) is 35.1 Å². The number of amides is 1. The minimum Gasteiger partial charge on any atom is -0.487 e. The Morgan fingerprint density at radius 2 is 1.76 bits per heavy atom. The van der Waals surface area contributed by atoms with Crippen LogP contribution in [0.4, 0.5) is 5.82 Å². The third-order valence-corrected chi connectivity index (χ3v) is 6.48. The van der Waals surface area contributed by atoms with E-state index in [0.717, 1.165) is 15.6 Å². The Balaban J connectivity index is 1.37. The quantitative estimate of drug-likeness (QED) is 0.235. The standard InChI is InChI=1S/C24H17Br2Cl2N3O2/c25-18-9-10-22(21(28)11-18)33-14-15-5-7-16(8-6-15)24(32)29-23-19(26)13-31(30-23)12-17-3-1-2-4-20(17)27/h1-11,13H,12,14H2,(H,29,30,32). The van der Waals surface area contributed by atoms with Gasteiger partial charge in [0.1, 0.15) is 12.4 Å². The van der Waals surface area contributed by atoms with Crippen LogP contribution in [-0.2, 0) is 13.2 Å². The monoisotopic (exact) mass is 607 g/mol. The summed E-state index contributed by atoms with van der Waals surface area (Å²) in [6, 6.07) is 20.2. The maximum Gasteiger partial charge on any atom is 0.256 e. The second-order valence-electron chi connectivity index (χ2n) is 7.13. The molecule has 0 aliphatic carbocycles. The topological polar surface area (TPSA) is 56.2 Å². The zero-order valence-electron chi connectivity index (χ0n) is 17.1. The largest absolute Gasteiger partial charge is 0.487 e. The van der Waals surface area contributed by atoms with Crippen molar-refractivity contribution < 1.29 is 9.53 Å². The average Bonchev–Trinajstić information content (AvgIpc) is 3.13. The Morgan fingerprint density at radius 1 is 1.00 bits per heavy atom. The number of aromatic nitrogens is 2. The van der Waals surface area contributed by atoms with E-state index in [9.17, 15) is 4.79 Å². The van der Waals surface area contributed by atoms with Gasteiger partial charge >= 0.3 is 0 Å². The molecule has 0 atom stereocenters. The molecule has 4 aromatic rings. The first-order valence-electron chi connectivity index (χ1n) is 9.83. The molecule has 0 aliphatic rings. The Hall–Kier alpha value is -2.32. The van der Waals surface area contributed by atoms with E-state index in [4.69, 9.17) is 27.9 Å². The lowest BCUT2D eigenvalue weighted by molar-refractivity contribution is 0.102. The second-order valence-corrected chi connectivity index (χ2v) is 9.71. The lowest BCUT2D eigenvalue weighted by atomic mass is 10.1. The predicted molar refractivity (Wildman–Crippen MR) is 138 cm³/mol. The van der Waals surface area contributed by atoms with Gasteiger partial charge in [-0.2, -0.15) is 5.10 Å². The molecule has 4 rings (SSSR count). The van der Waals surface area contributed by atoms with Crippen molar-refractivity contribution in [2.75, 3.05) is 5.32 Å². The van der Waals surface area contributed by atoms with Crippen molar-refractivity contribution in [3.05, 3.63) is 109 Å². The number of hydrogen-bond donors (Lipinski definition) is 1. The first-order chi connectivity index (χ1) is 15.9. The van der Waals surface area contributed by atoms with Gasteiger partial charge in [0.25, 0.3) is 5.91 Å². The highest BCUT2D eigenvalue weighted by Gasteiger charge is 2.13. The molecule has 33 heavy (non-hydrogen) atoms. The number of ether oxygens (including phenoxy) is 1. The van der Waals surface area contributed by atoms with E-state index in [0.29, 0.717) is 44.8 Å². The number of nitrogens with zero attached hydrogens (tertiary/aromatic N) is 2. The van der Waals surface area contributed by atoms with Crippen molar-refractivity contribution in [2.45, 2.75) is 13.2 Å². The third-order valence-electron chi connectivity index (χ3n) is 4.74. The molecule has 168 valence electrons. The van der Waals surface area contributed by atoms with Crippen LogP contribution in [0.25, 0.3) is 0 Å². The summed E-state index contributed by atoms with van der Waals surface area (Å²) in [7, 11) is 0. The van der Waals surface area contributed by atoms with E-state index >= 15 is 0 Å². The van der Waals surface area contributed by atoms with Crippen molar-refractivity contribution in [3.63, 3.8) is 0 Å². The van der Waals surface area contributed by atoms with Gasteiger partial charge in [-0.1, -0.05) is 69.5 Å². The number of carbonyl (C=O) groups is 1. The average molecular weight is 610 g/mol. The fourth-order valence-corrected chi connectivity index (χ4v) is 4.39. The zero-order valence-corrected chi connectivity index (χ0v) is 21.7. The Labute approximate surface area is 217 Å². The van der Waals surface area contributed by atoms with Crippen molar-refractivity contribution in [2.24, 2.45) is 0 Å². The van der Waals surface area contributed by atoms with Crippen LogP contribution < -0.4 is 10.1 Å². The van der Waals surface area contributed by atoms with Gasteiger partial charge in [-0.3, -0.25) is 9.48 Å². The summed E-state index contributed by atoms with van der Waals surface area (Å²) in [5.74, 6) is 0.769. The number of anilines is 1. The maximum absolute atomic E-state index is 12.7. The number of carbonyl (C=O) groups excluding carboxylic acids is 1. The van der Waals surface area contributed by atoms with Gasteiger partial charge in [-0.05, 0) is 63.5 Å². The van der Waals surface area contributed by atoms with Gasteiger partial charge in [0, 0.05) is 21.3 Å². The van der Waals surface area contributed by atoms with Crippen LogP contribution >= 0.6 is 55.1 Å². The highest BCUT2D eigenvalue weighted by atomic mass is 79.9. The summed E-state index contributed by atoms with van der Waals surface area (Å²) >= 11 is 19.2. The van der Waals surface area contributed by atoms with Crippen LogP contribution in [0.15, 0.2) is 81.9 Å². The molecule has 5 nitrogen and oxygen atoms in total. The molecule has 0 spiro atoms. The summed E-state index contributed by atoms with van der Waals surface area (Å²) in [6.07, 6.45) is 1.80. The van der Waals surface area contributed by atoms with Crippen LogP contribution in [0.3, 0.4) is 0 Å². The van der Waals surface area contributed by atoms with E-state index in [1.165, 1.54) is 0 Å². The third kappa shape index (κ3) is 6.18. The van der Waals surface area contributed by atoms with Crippen molar-refractivity contribution >= 4 is 66.8 Å². The second kappa shape index (κ2) is 10.7. The lowest BCUT2D eigenvalue weighted by Crippen LogP contribution is -2.13. The Kier molecular flexibility index (Phi) is 7.75. The van der Waals surface area contributed by atoms with Crippen LogP contribution in [-0.4, -0.2) is 15.7 Å². The molecule has 1 heterocycles. The van der Waals surface area contributed by atoms with Gasteiger partial charge in [-0.15, -0.1) is 0 Å². The SMILES string of the molecule is O=C(Nc1nn(Cc2ccccc2Cl)cc1Br)c1ccc(COc2ccc(Br)cc2Cl)cc1. The fourth-order valence-electron chi connectivity index (χ4n) is 3.05. The minimum atomic E-state index is -0.262. The van der Waals surface area contributed by atoms with E-state index in [1.807, 2.05) is 42.5 Å². The Morgan fingerprint density at radius 3 is 2.48 bits per heavy atom. The fraction of sp³-hybridized carbons (Fsp3) is 0.0833. The highest BCUT2D eigenvalue weighted by molar-refractivity contribution is 9.10. The number of nitrogens with one attached hydrogen (secondary N) is 1. The molecular formula is C24H17Br2Cl2N3O2. The van der Waals surface area contributed by atoms with Gasteiger partial charge in [-0.25, -0.2) is 0 Å². The van der Waals surface area contributed by atoms with Gasteiger partial charge in [0.05, 0.1) is 16.0 Å². The summed E-state index contributed by atoms with van der Waals surface area (Å²) in [5.41, 5.74) is 2.36. The van der Waals surface area contributed by atoms with Crippen LogP contribution in [0.5, 0.6) is 5.75 Å². The molecule has 1 amide bonds. The smallest absolute Gasteiger partial charge is 0.256 e. The van der Waals surface area contributed by atoms with Crippen LogP contribution in [0.2, 0.25) is 10.0 Å². The van der Waals surface area contributed by atoms with E-state index in [-0.39, 0.29) is 5.91 Å². The number of rotatable bonds is 7. The number of benzene rings is 3. The predicted octanol–water partition coefficient (Wildman–Crippen LogP) is 7.59. The molecule has 0 saturated heterocycles. The van der Waals surface area contributed by atoms with Gasteiger partial charge in [0.2, 0.25) is 0 Å². The molecule has 0 unspecified atom stereocenters. The molecule has 9 heteroatoms. The summed E-state index contributed by atoms with van der Waals surface area (Å²) in [6.45, 7) is 0.826. The van der Waals surface area contributed by atoms with Crippen LogP contribution in [0, 0.1) is 0 Å². The molecule has 0 bridgehead atoms. The molecule has 3 aromatic carbocycles. The molecule has 0 saturated carbocycles. The summed E-state index contributed by atoms with van der Waals surface area (Å²) < 4.78 is 9.05. The maximum atomic E-state index is 12.7. The van der Waals surface area contributed by atoms with Crippen LogP contribution in [0.1, 0.15) is 21.5 Å². The number of halogens is 4. The molecular weight excluding hydrogens is 593 g/mol. The first-order valence-corrected chi connectivity index (χ1v) is 12.2. The van der Waals surface area contributed by atoms with E-state index < -0.39 is 0 Å².